The molecule has 88 valence electrons. The average molecular weight is 223 g/mol. The van der Waals surface area contributed by atoms with Crippen LogP contribution in [0.5, 0.6) is 0 Å². The lowest BCUT2D eigenvalue weighted by Crippen LogP contribution is -2.15. The van der Waals surface area contributed by atoms with Gasteiger partial charge in [-0.2, -0.15) is 0 Å². The molecule has 1 aromatic rings. The molecule has 1 N–H and O–H groups in total. The summed E-state index contributed by atoms with van der Waals surface area (Å²) in [6.45, 7) is 4.23. The molecule has 5 heteroatoms. The largest absolute Gasteiger partial charge is 0.368 e. The van der Waals surface area contributed by atoms with E-state index < -0.39 is 4.92 Å². The van der Waals surface area contributed by atoms with Gasteiger partial charge in [-0.25, -0.2) is 4.98 Å². The molecule has 1 atom stereocenters. The maximum atomic E-state index is 10.4. The van der Waals surface area contributed by atoms with Gasteiger partial charge in [-0.3, -0.25) is 10.1 Å². The third kappa shape index (κ3) is 3.84. The van der Waals surface area contributed by atoms with Crippen LogP contribution in [0, 0.1) is 10.1 Å². The predicted molar refractivity (Wildman–Crippen MR) is 63.5 cm³/mol. The Morgan fingerprint density at radius 3 is 2.81 bits per heavy atom. The molecule has 0 bridgehead atoms. The highest BCUT2D eigenvalue weighted by atomic mass is 16.6. The Labute approximate surface area is 95.0 Å². The Morgan fingerprint density at radius 1 is 1.56 bits per heavy atom. The first-order chi connectivity index (χ1) is 7.63. The number of rotatable bonds is 6. The molecular weight excluding hydrogens is 206 g/mol. The third-order valence-electron chi connectivity index (χ3n) is 2.34. The van der Waals surface area contributed by atoms with Gasteiger partial charge >= 0.3 is 0 Å². The number of hydrogen-bond acceptors (Lipinski definition) is 4. The summed E-state index contributed by atoms with van der Waals surface area (Å²) in [4.78, 5) is 14.0. The molecule has 16 heavy (non-hydrogen) atoms. The van der Waals surface area contributed by atoms with Crippen LogP contribution in [0.1, 0.15) is 33.1 Å². The van der Waals surface area contributed by atoms with Crippen molar-refractivity contribution in [3.8, 4) is 0 Å². The van der Waals surface area contributed by atoms with Crippen molar-refractivity contribution >= 4 is 11.5 Å². The molecule has 1 aromatic heterocycles. The molecular formula is C11H17N3O2. The van der Waals surface area contributed by atoms with Crippen molar-refractivity contribution in [2.45, 2.75) is 39.2 Å². The average Bonchev–Trinajstić information content (AvgIpc) is 2.27. The van der Waals surface area contributed by atoms with Crippen molar-refractivity contribution in [2.75, 3.05) is 5.32 Å². The predicted octanol–water partition coefficient (Wildman–Crippen LogP) is 2.98. The first-order valence-electron chi connectivity index (χ1n) is 5.50. The van der Waals surface area contributed by atoms with Gasteiger partial charge in [0.05, 0.1) is 4.92 Å². The van der Waals surface area contributed by atoms with Gasteiger partial charge in [0.1, 0.15) is 12.0 Å². The van der Waals surface area contributed by atoms with E-state index in [2.05, 4.69) is 24.1 Å². The normalized spacial score (nSPS) is 12.1. The number of nitro groups is 1. The lowest BCUT2D eigenvalue weighted by molar-refractivity contribution is -0.385. The van der Waals surface area contributed by atoms with E-state index in [1.165, 1.54) is 25.1 Å². The number of nitrogens with one attached hydrogen (secondary N) is 1. The van der Waals surface area contributed by atoms with Crippen LogP contribution in [0.25, 0.3) is 0 Å². The third-order valence-corrected chi connectivity index (χ3v) is 2.34. The van der Waals surface area contributed by atoms with Gasteiger partial charge < -0.3 is 5.32 Å². The molecule has 1 heterocycles. The number of anilines is 1. The van der Waals surface area contributed by atoms with Crippen LogP contribution in [0.3, 0.4) is 0 Å². The highest BCUT2D eigenvalue weighted by molar-refractivity contribution is 5.40. The molecule has 0 aliphatic carbocycles. The maximum absolute atomic E-state index is 10.4. The Kier molecular flexibility index (Phi) is 4.69. The Hall–Kier alpha value is -1.65. The zero-order chi connectivity index (χ0) is 12.0. The number of pyridine rings is 1. The second kappa shape index (κ2) is 6.05. The van der Waals surface area contributed by atoms with E-state index >= 15 is 0 Å². The van der Waals surface area contributed by atoms with Crippen LogP contribution in [0.2, 0.25) is 0 Å². The van der Waals surface area contributed by atoms with E-state index in [9.17, 15) is 10.1 Å². The second-order valence-electron chi connectivity index (χ2n) is 3.85. The van der Waals surface area contributed by atoms with E-state index in [0.717, 1.165) is 6.42 Å². The van der Waals surface area contributed by atoms with Crippen LogP contribution in [0.4, 0.5) is 11.5 Å². The zero-order valence-electron chi connectivity index (χ0n) is 9.64. The highest BCUT2D eigenvalue weighted by Gasteiger charge is 2.06. The minimum Gasteiger partial charge on any atom is -0.368 e. The lowest BCUT2D eigenvalue weighted by Gasteiger charge is -2.13. The van der Waals surface area contributed by atoms with Gasteiger partial charge in [0, 0.05) is 12.1 Å². The van der Waals surface area contributed by atoms with Gasteiger partial charge in [-0.05, 0) is 19.4 Å². The number of unbranched alkanes of at least 4 members (excludes halogenated alkanes) is 1. The smallest absolute Gasteiger partial charge is 0.287 e. The van der Waals surface area contributed by atoms with Crippen molar-refractivity contribution < 1.29 is 4.92 Å². The number of hydrogen-bond donors (Lipinski definition) is 1. The molecule has 0 saturated carbocycles. The first-order valence-corrected chi connectivity index (χ1v) is 5.50. The zero-order valence-corrected chi connectivity index (χ0v) is 9.64. The van der Waals surface area contributed by atoms with Crippen molar-refractivity contribution in [1.29, 1.82) is 0 Å². The standard InChI is InChI=1S/C11H17N3O2/c1-3-4-5-9(2)13-11-7-6-10(8-12-11)14(15)16/h6-9H,3-5H2,1-2H3,(H,12,13). The van der Waals surface area contributed by atoms with Crippen LogP contribution in [-0.2, 0) is 0 Å². The molecule has 0 aliphatic heterocycles. The van der Waals surface area contributed by atoms with Crippen LogP contribution >= 0.6 is 0 Å². The Bertz CT molecular complexity index is 338. The molecule has 1 unspecified atom stereocenters. The summed E-state index contributed by atoms with van der Waals surface area (Å²) in [6.07, 6.45) is 4.69. The minimum absolute atomic E-state index is 0.0201. The second-order valence-corrected chi connectivity index (χ2v) is 3.85. The van der Waals surface area contributed by atoms with Gasteiger partial charge in [-0.15, -0.1) is 0 Å². The molecule has 0 aliphatic rings. The molecule has 0 saturated heterocycles. The Balaban J connectivity index is 2.51. The fraction of sp³-hybridized carbons (Fsp3) is 0.545. The Morgan fingerprint density at radius 2 is 2.31 bits per heavy atom. The summed E-state index contributed by atoms with van der Waals surface area (Å²) >= 11 is 0. The molecule has 0 radical (unpaired) electrons. The van der Waals surface area contributed by atoms with Crippen LogP contribution in [0.15, 0.2) is 18.3 Å². The first kappa shape index (κ1) is 12.4. The van der Waals surface area contributed by atoms with Crippen LogP contribution < -0.4 is 5.32 Å². The molecule has 0 amide bonds. The van der Waals surface area contributed by atoms with Crippen molar-refractivity contribution in [2.24, 2.45) is 0 Å². The molecule has 0 fully saturated rings. The summed E-state index contributed by atoms with van der Waals surface area (Å²) in [5.74, 6) is 0.689. The van der Waals surface area contributed by atoms with Gasteiger partial charge in [0.15, 0.2) is 0 Å². The highest BCUT2D eigenvalue weighted by Crippen LogP contribution is 2.13. The molecule has 1 rings (SSSR count). The van der Waals surface area contributed by atoms with E-state index in [4.69, 9.17) is 0 Å². The van der Waals surface area contributed by atoms with E-state index in [1.807, 2.05) is 0 Å². The summed E-state index contributed by atoms with van der Waals surface area (Å²) in [7, 11) is 0. The SMILES string of the molecule is CCCCC(C)Nc1ccc([N+](=O)[O-])cn1. The lowest BCUT2D eigenvalue weighted by atomic mass is 10.1. The van der Waals surface area contributed by atoms with Crippen LogP contribution in [-0.4, -0.2) is 15.9 Å². The molecule has 5 nitrogen and oxygen atoms in total. The topological polar surface area (TPSA) is 68.1 Å². The number of aromatic nitrogens is 1. The maximum Gasteiger partial charge on any atom is 0.287 e. The number of nitrogens with zero attached hydrogens (tertiary/aromatic N) is 2. The van der Waals surface area contributed by atoms with Gasteiger partial charge in [0.2, 0.25) is 0 Å². The fourth-order valence-corrected chi connectivity index (χ4v) is 1.41. The van der Waals surface area contributed by atoms with E-state index in [-0.39, 0.29) is 5.69 Å². The van der Waals surface area contributed by atoms with Gasteiger partial charge in [-0.1, -0.05) is 19.8 Å². The summed E-state index contributed by atoms with van der Waals surface area (Å²) in [5, 5.41) is 13.6. The summed E-state index contributed by atoms with van der Waals surface area (Å²) < 4.78 is 0. The van der Waals surface area contributed by atoms with E-state index in [1.54, 1.807) is 6.07 Å². The quantitative estimate of drug-likeness (QED) is 0.594. The summed E-state index contributed by atoms with van der Waals surface area (Å²) in [6, 6.07) is 3.44. The summed E-state index contributed by atoms with van der Waals surface area (Å²) in [5.41, 5.74) is 0.0201. The van der Waals surface area contributed by atoms with Crippen molar-refractivity contribution in [1.82, 2.24) is 4.98 Å². The fourth-order valence-electron chi connectivity index (χ4n) is 1.41. The van der Waals surface area contributed by atoms with Crippen molar-refractivity contribution in [3.63, 3.8) is 0 Å². The van der Waals surface area contributed by atoms with Crippen molar-refractivity contribution in [3.05, 3.63) is 28.4 Å². The monoisotopic (exact) mass is 223 g/mol. The molecule has 0 spiro atoms. The van der Waals surface area contributed by atoms with Gasteiger partial charge in [0.25, 0.3) is 5.69 Å². The van der Waals surface area contributed by atoms with E-state index in [0.29, 0.717) is 11.9 Å². The molecule has 0 aromatic carbocycles. The minimum atomic E-state index is -0.447.